The lowest BCUT2D eigenvalue weighted by Crippen LogP contribution is -2.29. The van der Waals surface area contributed by atoms with Crippen LogP contribution >= 0.6 is 31.9 Å². The third-order valence-corrected chi connectivity index (χ3v) is 4.38. The summed E-state index contributed by atoms with van der Waals surface area (Å²) in [5.41, 5.74) is 2.37. The van der Waals surface area contributed by atoms with Gasteiger partial charge in [0.2, 0.25) is 0 Å². The molecule has 1 N–H and O–H groups in total. The van der Waals surface area contributed by atoms with E-state index in [0.29, 0.717) is 6.04 Å². The Balaban J connectivity index is 2.65. The van der Waals surface area contributed by atoms with Gasteiger partial charge < -0.3 is 5.32 Å². The van der Waals surface area contributed by atoms with Crippen LogP contribution in [0, 0.1) is 0 Å². The Bertz CT molecular complexity index is 350. The SMILES string of the molecule is CCc1nn(C)c(CNC(CC)CCBr)c1Br. The summed E-state index contributed by atoms with van der Waals surface area (Å²) in [6, 6.07) is 0.571. The Morgan fingerprint density at radius 2 is 2.12 bits per heavy atom. The molecule has 0 aliphatic carbocycles. The van der Waals surface area contributed by atoms with Crippen LogP contribution in [0.4, 0.5) is 0 Å². The van der Waals surface area contributed by atoms with Gasteiger partial charge in [-0.25, -0.2) is 0 Å². The Morgan fingerprint density at radius 1 is 1.41 bits per heavy atom. The fraction of sp³-hybridized carbons (Fsp3) is 0.750. The fourth-order valence-electron chi connectivity index (χ4n) is 1.84. The number of hydrogen-bond donors (Lipinski definition) is 1. The summed E-state index contributed by atoms with van der Waals surface area (Å²) in [6.45, 7) is 5.22. The number of nitrogens with one attached hydrogen (secondary N) is 1. The van der Waals surface area contributed by atoms with Crippen molar-refractivity contribution >= 4 is 31.9 Å². The first-order valence-electron chi connectivity index (χ1n) is 6.13. The van der Waals surface area contributed by atoms with Crippen LogP contribution < -0.4 is 5.32 Å². The van der Waals surface area contributed by atoms with E-state index in [1.54, 1.807) is 0 Å². The van der Waals surface area contributed by atoms with E-state index < -0.39 is 0 Å². The monoisotopic (exact) mass is 365 g/mol. The number of rotatable bonds is 7. The van der Waals surface area contributed by atoms with E-state index in [4.69, 9.17) is 0 Å². The Kier molecular flexibility index (Phi) is 6.74. The van der Waals surface area contributed by atoms with Crippen LogP contribution in [0.5, 0.6) is 0 Å². The number of aryl methyl sites for hydroxylation is 2. The summed E-state index contributed by atoms with van der Waals surface area (Å²) in [6.07, 6.45) is 3.28. The summed E-state index contributed by atoms with van der Waals surface area (Å²) >= 11 is 7.14. The van der Waals surface area contributed by atoms with Crippen molar-refractivity contribution in [3.63, 3.8) is 0 Å². The van der Waals surface area contributed by atoms with Crippen LogP contribution in [0.25, 0.3) is 0 Å². The van der Waals surface area contributed by atoms with Gasteiger partial charge in [-0.1, -0.05) is 29.8 Å². The summed E-state index contributed by atoms with van der Waals surface area (Å²) in [4.78, 5) is 0. The normalized spacial score (nSPS) is 13.0. The third kappa shape index (κ3) is 4.07. The summed E-state index contributed by atoms with van der Waals surface area (Å²) < 4.78 is 3.13. The lowest BCUT2D eigenvalue weighted by atomic mass is 10.1. The average Bonchev–Trinajstić information content (AvgIpc) is 2.60. The second kappa shape index (κ2) is 7.54. The minimum absolute atomic E-state index is 0.571. The van der Waals surface area contributed by atoms with Crippen molar-refractivity contribution in [2.24, 2.45) is 7.05 Å². The van der Waals surface area contributed by atoms with E-state index in [-0.39, 0.29) is 0 Å². The lowest BCUT2D eigenvalue weighted by molar-refractivity contribution is 0.475. The molecule has 0 fully saturated rings. The van der Waals surface area contributed by atoms with Crippen molar-refractivity contribution < 1.29 is 0 Å². The van der Waals surface area contributed by atoms with Gasteiger partial charge in [0.1, 0.15) is 0 Å². The van der Waals surface area contributed by atoms with Gasteiger partial charge in [-0.3, -0.25) is 4.68 Å². The van der Waals surface area contributed by atoms with E-state index in [2.05, 4.69) is 56.1 Å². The Hall–Kier alpha value is 0.130. The van der Waals surface area contributed by atoms with Crippen LogP contribution in [-0.2, 0) is 20.0 Å². The highest BCUT2D eigenvalue weighted by Gasteiger charge is 2.13. The molecular weight excluding hydrogens is 346 g/mol. The summed E-state index contributed by atoms with van der Waals surface area (Å²) in [5, 5.41) is 9.13. The zero-order chi connectivity index (χ0) is 12.8. The molecule has 0 saturated carbocycles. The largest absolute Gasteiger partial charge is 0.308 e. The van der Waals surface area contributed by atoms with Crippen molar-refractivity contribution in [2.75, 3.05) is 5.33 Å². The summed E-state index contributed by atoms with van der Waals surface area (Å²) in [5.74, 6) is 0. The molecule has 17 heavy (non-hydrogen) atoms. The topological polar surface area (TPSA) is 29.9 Å². The number of aromatic nitrogens is 2. The highest BCUT2D eigenvalue weighted by molar-refractivity contribution is 9.10. The molecule has 0 saturated heterocycles. The van der Waals surface area contributed by atoms with Crippen LogP contribution in [0.2, 0.25) is 0 Å². The molecule has 0 aliphatic heterocycles. The summed E-state index contributed by atoms with van der Waals surface area (Å²) in [7, 11) is 2.01. The average molecular weight is 367 g/mol. The minimum atomic E-state index is 0.571. The number of hydrogen-bond acceptors (Lipinski definition) is 2. The molecule has 1 aromatic rings. The van der Waals surface area contributed by atoms with Gasteiger partial charge in [0.05, 0.1) is 15.9 Å². The second-order valence-corrected chi connectivity index (χ2v) is 5.73. The van der Waals surface area contributed by atoms with Gasteiger partial charge in [0, 0.05) is 25.0 Å². The molecule has 0 radical (unpaired) electrons. The van der Waals surface area contributed by atoms with Crippen LogP contribution in [0.3, 0.4) is 0 Å². The number of halogens is 2. The van der Waals surface area contributed by atoms with Crippen LogP contribution in [0.15, 0.2) is 4.47 Å². The zero-order valence-electron chi connectivity index (χ0n) is 10.8. The molecule has 98 valence electrons. The first-order chi connectivity index (χ1) is 8.13. The van der Waals surface area contributed by atoms with Crippen molar-refractivity contribution in [3.05, 3.63) is 15.9 Å². The predicted molar refractivity (Wildman–Crippen MR) is 79.6 cm³/mol. The third-order valence-electron chi connectivity index (χ3n) is 3.01. The van der Waals surface area contributed by atoms with E-state index in [0.717, 1.165) is 41.3 Å². The molecule has 0 aromatic carbocycles. The molecule has 1 heterocycles. The van der Waals surface area contributed by atoms with Crippen LogP contribution in [0.1, 0.15) is 38.1 Å². The maximum atomic E-state index is 4.50. The maximum Gasteiger partial charge on any atom is 0.0767 e. The quantitative estimate of drug-likeness (QED) is 0.749. The second-order valence-electron chi connectivity index (χ2n) is 4.15. The van der Waals surface area contributed by atoms with Crippen molar-refractivity contribution in [2.45, 2.75) is 45.7 Å². The van der Waals surface area contributed by atoms with Crippen molar-refractivity contribution in [1.29, 1.82) is 0 Å². The van der Waals surface area contributed by atoms with Gasteiger partial charge in [0.25, 0.3) is 0 Å². The lowest BCUT2D eigenvalue weighted by Gasteiger charge is -2.15. The fourth-order valence-corrected chi connectivity index (χ4v) is 3.14. The van der Waals surface area contributed by atoms with Gasteiger partial charge in [-0.05, 0) is 35.2 Å². The minimum Gasteiger partial charge on any atom is -0.308 e. The van der Waals surface area contributed by atoms with Gasteiger partial charge in [-0.15, -0.1) is 0 Å². The molecule has 0 aliphatic rings. The highest BCUT2D eigenvalue weighted by Crippen LogP contribution is 2.21. The molecule has 1 rings (SSSR count). The predicted octanol–water partition coefficient (Wildman–Crippen LogP) is 3.40. The van der Waals surface area contributed by atoms with E-state index in [1.807, 2.05) is 11.7 Å². The van der Waals surface area contributed by atoms with E-state index in [9.17, 15) is 0 Å². The molecular formula is C12H21Br2N3. The van der Waals surface area contributed by atoms with E-state index >= 15 is 0 Å². The van der Waals surface area contributed by atoms with Gasteiger partial charge >= 0.3 is 0 Å². The molecule has 0 amide bonds. The first kappa shape index (κ1) is 15.2. The van der Waals surface area contributed by atoms with Crippen molar-refractivity contribution in [1.82, 2.24) is 15.1 Å². The molecule has 0 bridgehead atoms. The molecule has 1 unspecified atom stereocenters. The highest BCUT2D eigenvalue weighted by atomic mass is 79.9. The van der Waals surface area contributed by atoms with Gasteiger partial charge in [0.15, 0.2) is 0 Å². The van der Waals surface area contributed by atoms with Gasteiger partial charge in [-0.2, -0.15) is 5.10 Å². The molecule has 1 atom stereocenters. The maximum absolute atomic E-state index is 4.50. The molecule has 0 spiro atoms. The number of alkyl halides is 1. The molecule has 3 nitrogen and oxygen atoms in total. The Morgan fingerprint density at radius 3 is 2.59 bits per heavy atom. The zero-order valence-corrected chi connectivity index (χ0v) is 13.9. The van der Waals surface area contributed by atoms with Crippen LogP contribution in [-0.4, -0.2) is 21.2 Å². The molecule has 1 aromatic heterocycles. The smallest absolute Gasteiger partial charge is 0.0767 e. The molecule has 5 heteroatoms. The van der Waals surface area contributed by atoms with Crippen molar-refractivity contribution in [3.8, 4) is 0 Å². The Labute approximate surface area is 121 Å². The number of nitrogens with zero attached hydrogens (tertiary/aromatic N) is 2. The van der Waals surface area contributed by atoms with E-state index in [1.165, 1.54) is 5.69 Å². The standard InChI is InChI=1S/C12H21Br2N3/c1-4-9(6-7-13)15-8-11-12(14)10(5-2)16-17(11)3/h9,15H,4-8H2,1-3H3. The first-order valence-corrected chi connectivity index (χ1v) is 8.05.